The molecule has 0 aliphatic heterocycles. The lowest BCUT2D eigenvalue weighted by Gasteiger charge is -2.24. The normalized spacial score (nSPS) is 12.2. The van der Waals surface area contributed by atoms with Crippen LogP contribution in [0.4, 0.5) is 13.6 Å². The molecule has 1 atom stereocenters. The van der Waals surface area contributed by atoms with E-state index in [-0.39, 0.29) is 13.0 Å². The van der Waals surface area contributed by atoms with Crippen molar-refractivity contribution < 1.29 is 28.6 Å². The van der Waals surface area contributed by atoms with Gasteiger partial charge >= 0.3 is 12.0 Å². The quantitative estimate of drug-likeness (QED) is 0.524. The highest BCUT2D eigenvalue weighted by molar-refractivity contribution is 5.82. The highest BCUT2D eigenvalue weighted by atomic mass is 19.3. The summed E-state index contributed by atoms with van der Waals surface area (Å²) in [4.78, 5) is 29.9. The van der Waals surface area contributed by atoms with Crippen molar-refractivity contribution in [2.24, 2.45) is 0 Å². The van der Waals surface area contributed by atoms with Crippen LogP contribution in [0.1, 0.15) is 5.69 Å². The molecule has 1 aromatic heterocycles. The summed E-state index contributed by atoms with van der Waals surface area (Å²) in [5.41, 5.74) is 0.477. The predicted octanol–water partition coefficient (Wildman–Crippen LogP) is -0.326. The van der Waals surface area contributed by atoms with E-state index in [9.17, 15) is 18.4 Å². The minimum Gasteiger partial charge on any atom is -0.480 e. The Bertz CT molecular complexity index is 455. The maximum atomic E-state index is 12.3. The molecule has 118 valence electrons. The van der Waals surface area contributed by atoms with Crippen LogP contribution in [0.2, 0.25) is 0 Å². The first-order valence-corrected chi connectivity index (χ1v) is 6.08. The van der Waals surface area contributed by atoms with Crippen molar-refractivity contribution in [3.8, 4) is 0 Å². The summed E-state index contributed by atoms with van der Waals surface area (Å²) in [7, 11) is 0. The Balaban J connectivity index is 2.67. The van der Waals surface area contributed by atoms with E-state index in [0.29, 0.717) is 10.6 Å². The molecule has 8 nitrogen and oxygen atoms in total. The van der Waals surface area contributed by atoms with Crippen molar-refractivity contribution in [2.75, 3.05) is 19.7 Å². The van der Waals surface area contributed by atoms with Crippen molar-refractivity contribution in [2.45, 2.75) is 18.9 Å². The topological polar surface area (TPSA) is 119 Å². The lowest BCUT2D eigenvalue weighted by Crippen LogP contribution is -2.50. The molecule has 0 radical (unpaired) electrons. The highest BCUT2D eigenvalue weighted by Crippen LogP contribution is 2.03. The molecule has 2 amide bonds. The van der Waals surface area contributed by atoms with Gasteiger partial charge in [-0.2, -0.15) is 0 Å². The molecule has 10 heteroatoms. The standard InChI is InChI=1S/C11H16F2N4O4/c12-9(13)5-17(1-2-18)11(21)16-8(10(19)20)3-7-4-14-6-15-7/h4,6,8-9,18H,1-3,5H2,(H,14,15)(H,16,21)(H,19,20)/t8-/m0/s1. The number of carbonyl (C=O) groups is 2. The number of carboxylic acid groups (broad SMARTS) is 1. The summed E-state index contributed by atoms with van der Waals surface area (Å²) in [6, 6.07) is -2.27. The van der Waals surface area contributed by atoms with Gasteiger partial charge in [0.15, 0.2) is 0 Å². The number of aliphatic hydroxyl groups excluding tert-OH is 1. The van der Waals surface area contributed by atoms with Gasteiger partial charge in [0.25, 0.3) is 6.43 Å². The van der Waals surface area contributed by atoms with Gasteiger partial charge in [-0.05, 0) is 0 Å². The van der Waals surface area contributed by atoms with Crippen LogP contribution in [0.15, 0.2) is 12.5 Å². The van der Waals surface area contributed by atoms with Crippen molar-refractivity contribution >= 4 is 12.0 Å². The number of nitrogens with zero attached hydrogens (tertiary/aromatic N) is 2. The van der Waals surface area contributed by atoms with Gasteiger partial charge in [-0.3, -0.25) is 0 Å². The summed E-state index contributed by atoms with van der Waals surface area (Å²) in [6.07, 6.45) is -0.0985. The van der Waals surface area contributed by atoms with Gasteiger partial charge in [0.05, 0.1) is 19.5 Å². The third-order valence-corrected chi connectivity index (χ3v) is 2.59. The van der Waals surface area contributed by atoms with Crippen LogP contribution in [0.25, 0.3) is 0 Å². The summed E-state index contributed by atoms with van der Waals surface area (Å²) in [5, 5.41) is 19.9. The average Bonchev–Trinajstić information content (AvgIpc) is 2.89. The zero-order valence-corrected chi connectivity index (χ0v) is 11.0. The van der Waals surface area contributed by atoms with Crippen molar-refractivity contribution in [1.29, 1.82) is 0 Å². The molecule has 0 aliphatic carbocycles. The van der Waals surface area contributed by atoms with Gasteiger partial charge < -0.3 is 25.4 Å². The molecule has 0 unspecified atom stereocenters. The van der Waals surface area contributed by atoms with Crippen LogP contribution in [-0.4, -0.2) is 69.2 Å². The minimum absolute atomic E-state index is 0.0667. The van der Waals surface area contributed by atoms with Crippen LogP contribution < -0.4 is 5.32 Å². The van der Waals surface area contributed by atoms with Crippen LogP contribution >= 0.6 is 0 Å². The molecule has 0 bridgehead atoms. The second-order valence-corrected chi connectivity index (χ2v) is 4.18. The number of amides is 2. The average molecular weight is 306 g/mol. The Morgan fingerprint density at radius 1 is 1.48 bits per heavy atom. The van der Waals surface area contributed by atoms with E-state index in [4.69, 9.17) is 10.2 Å². The number of aromatic nitrogens is 2. The zero-order valence-electron chi connectivity index (χ0n) is 11.0. The molecular weight excluding hydrogens is 290 g/mol. The molecule has 21 heavy (non-hydrogen) atoms. The van der Waals surface area contributed by atoms with Crippen molar-refractivity contribution in [1.82, 2.24) is 20.2 Å². The number of aromatic amines is 1. The number of imidazole rings is 1. The number of aliphatic hydroxyl groups is 1. The molecule has 0 saturated carbocycles. The van der Waals surface area contributed by atoms with E-state index < -0.39 is 37.6 Å². The Hall–Kier alpha value is -2.23. The molecule has 1 heterocycles. The number of halogens is 2. The number of rotatable bonds is 8. The largest absolute Gasteiger partial charge is 0.480 e. The van der Waals surface area contributed by atoms with E-state index in [1.165, 1.54) is 12.5 Å². The molecule has 4 N–H and O–H groups in total. The number of carboxylic acids is 1. The third kappa shape index (κ3) is 5.73. The first-order chi connectivity index (χ1) is 9.93. The fraction of sp³-hybridized carbons (Fsp3) is 0.545. The number of H-pyrrole nitrogens is 1. The molecule has 0 aromatic carbocycles. The maximum absolute atomic E-state index is 12.3. The first kappa shape index (κ1) is 16.8. The van der Waals surface area contributed by atoms with Gasteiger partial charge in [0, 0.05) is 24.9 Å². The molecule has 0 fully saturated rings. The fourth-order valence-electron chi connectivity index (χ4n) is 1.62. The molecule has 0 aliphatic rings. The Morgan fingerprint density at radius 2 is 2.19 bits per heavy atom. The van der Waals surface area contributed by atoms with E-state index >= 15 is 0 Å². The number of carbonyl (C=O) groups excluding carboxylic acids is 1. The second kappa shape index (κ2) is 8.15. The van der Waals surface area contributed by atoms with Crippen molar-refractivity contribution in [3.05, 3.63) is 18.2 Å². The molecular formula is C11H16F2N4O4. The number of urea groups is 1. The summed E-state index contributed by atoms with van der Waals surface area (Å²) in [6.45, 7) is -1.70. The Labute approximate surface area is 118 Å². The van der Waals surface area contributed by atoms with Gasteiger partial charge in [-0.15, -0.1) is 0 Å². The predicted molar refractivity (Wildman–Crippen MR) is 66.9 cm³/mol. The lowest BCUT2D eigenvalue weighted by atomic mass is 10.1. The van der Waals surface area contributed by atoms with Crippen molar-refractivity contribution in [3.63, 3.8) is 0 Å². The number of aliphatic carboxylic acids is 1. The van der Waals surface area contributed by atoms with Crippen LogP contribution in [-0.2, 0) is 11.2 Å². The van der Waals surface area contributed by atoms with Gasteiger partial charge in [-0.1, -0.05) is 0 Å². The molecule has 0 saturated heterocycles. The van der Waals surface area contributed by atoms with E-state index in [0.717, 1.165) is 0 Å². The molecule has 0 spiro atoms. The Kier molecular flexibility index (Phi) is 6.53. The van der Waals surface area contributed by atoms with E-state index in [1.807, 2.05) is 0 Å². The van der Waals surface area contributed by atoms with Gasteiger partial charge in [-0.25, -0.2) is 23.4 Å². The first-order valence-electron chi connectivity index (χ1n) is 6.08. The Morgan fingerprint density at radius 3 is 2.67 bits per heavy atom. The monoisotopic (exact) mass is 306 g/mol. The number of hydrogen-bond donors (Lipinski definition) is 4. The highest BCUT2D eigenvalue weighted by Gasteiger charge is 2.25. The third-order valence-electron chi connectivity index (χ3n) is 2.59. The van der Waals surface area contributed by atoms with Crippen LogP contribution in [0, 0.1) is 0 Å². The smallest absolute Gasteiger partial charge is 0.326 e. The lowest BCUT2D eigenvalue weighted by molar-refractivity contribution is -0.139. The second-order valence-electron chi connectivity index (χ2n) is 4.18. The number of hydrogen-bond acceptors (Lipinski definition) is 4. The van der Waals surface area contributed by atoms with Crippen LogP contribution in [0.3, 0.4) is 0 Å². The summed E-state index contributed by atoms with van der Waals surface area (Å²) in [5.74, 6) is -1.31. The molecule has 1 rings (SSSR count). The summed E-state index contributed by atoms with van der Waals surface area (Å²) < 4.78 is 24.7. The van der Waals surface area contributed by atoms with E-state index in [2.05, 4.69) is 15.3 Å². The van der Waals surface area contributed by atoms with E-state index in [1.54, 1.807) is 0 Å². The van der Waals surface area contributed by atoms with Crippen LogP contribution in [0.5, 0.6) is 0 Å². The SMILES string of the molecule is O=C(O)[C@H](Cc1cnc[nH]1)NC(=O)N(CCO)CC(F)F. The minimum atomic E-state index is -2.78. The summed E-state index contributed by atoms with van der Waals surface area (Å²) >= 11 is 0. The maximum Gasteiger partial charge on any atom is 0.326 e. The van der Waals surface area contributed by atoms with Gasteiger partial charge in [0.2, 0.25) is 0 Å². The van der Waals surface area contributed by atoms with Gasteiger partial charge in [0.1, 0.15) is 6.04 Å². The number of alkyl halides is 2. The molecule has 1 aromatic rings. The fourth-order valence-corrected chi connectivity index (χ4v) is 1.62. The zero-order chi connectivity index (χ0) is 15.8. The number of nitrogens with one attached hydrogen (secondary N) is 2.